The smallest absolute Gasteiger partial charge is 0.222 e. The Morgan fingerprint density at radius 1 is 0.403 bits per heavy atom. The van der Waals surface area contributed by atoms with Gasteiger partial charge in [0.2, 0.25) is 5.91 Å². The van der Waals surface area contributed by atoms with Gasteiger partial charge in [0.25, 0.3) is 0 Å². The zero-order valence-electron chi connectivity index (χ0n) is 42.3. The fourth-order valence-corrected chi connectivity index (χ4v) is 9.23. The van der Waals surface area contributed by atoms with E-state index in [1.807, 2.05) is 6.08 Å². The van der Waals surface area contributed by atoms with Gasteiger partial charge in [-0.05, 0) is 19.3 Å². The Hall–Kier alpha value is -0.910. The first-order valence-corrected chi connectivity index (χ1v) is 28.5. The van der Waals surface area contributed by atoms with Crippen molar-refractivity contribution in [2.75, 3.05) is 6.61 Å². The third kappa shape index (κ3) is 48.5. The number of unbranched alkanes of at least 4 members (excludes halogenated alkanes) is 44. The predicted octanol–water partition coefficient (Wildman–Crippen LogP) is 17.5. The van der Waals surface area contributed by atoms with Gasteiger partial charge < -0.3 is 20.6 Å². The van der Waals surface area contributed by atoms with Crippen LogP contribution in [0.3, 0.4) is 0 Å². The predicted molar refractivity (Wildman–Crippen MR) is 273 cm³/mol. The molecule has 0 aliphatic rings. The largest absolute Gasteiger partial charge is 0.394 e. The summed E-state index contributed by atoms with van der Waals surface area (Å²) < 4.78 is 0. The molecule has 0 saturated carbocycles. The van der Waals surface area contributed by atoms with Crippen LogP contribution in [0.2, 0.25) is 0 Å². The third-order valence-corrected chi connectivity index (χ3v) is 13.6. The van der Waals surface area contributed by atoms with E-state index in [2.05, 4.69) is 19.2 Å². The van der Waals surface area contributed by atoms with Gasteiger partial charge in [-0.15, -0.1) is 0 Å². The molecule has 0 aromatic rings. The molecule has 62 heavy (non-hydrogen) atoms. The van der Waals surface area contributed by atoms with Gasteiger partial charge in [-0.1, -0.05) is 309 Å². The summed E-state index contributed by atoms with van der Waals surface area (Å²) in [5.41, 5.74) is 0. The number of nitrogens with one attached hydrogen (secondary N) is 1. The van der Waals surface area contributed by atoms with Crippen LogP contribution in [0, 0.1) is 0 Å². The van der Waals surface area contributed by atoms with E-state index in [-0.39, 0.29) is 18.9 Å². The standard InChI is InChI=1S/C57H113NO4/c1-3-5-7-9-11-13-15-17-19-21-23-25-26-27-28-29-31-32-34-36-38-40-42-44-46-48-50-54(60)52-57(62)58-55(53-59)56(61)51-49-47-45-43-41-39-37-35-33-30-24-22-20-18-16-14-12-10-8-6-4-2/h49,51,54-56,59-61H,3-48,50,52-53H2,1-2H3,(H,58,62)/b51-49+. The van der Waals surface area contributed by atoms with Crippen molar-refractivity contribution >= 4 is 5.91 Å². The van der Waals surface area contributed by atoms with Crippen LogP contribution in [0.25, 0.3) is 0 Å². The number of carbonyl (C=O) groups excluding carboxylic acids is 1. The molecule has 0 aliphatic heterocycles. The Morgan fingerprint density at radius 2 is 0.661 bits per heavy atom. The van der Waals surface area contributed by atoms with Crippen molar-refractivity contribution in [2.45, 2.75) is 340 Å². The molecule has 0 aliphatic carbocycles. The quantitative estimate of drug-likeness (QED) is 0.0362. The second kappa shape index (κ2) is 52.7. The fourth-order valence-electron chi connectivity index (χ4n) is 9.23. The van der Waals surface area contributed by atoms with E-state index >= 15 is 0 Å². The lowest BCUT2D eigenvalue weighted by Crippen LogP contribution is -2.45. The van der Waals surface area contributed by atoms with Crippen LogP contribution >= 0.6 is 0 Å². The monoisotopic (exact) mass is 876 g/mol. The van der Waals surface area contributed by atoms with Crippen LogP contribution in [-0.4, -0.2) is 46.1 Å². The average molecular weight is 877 g/mol. The summed E-state index contributed by atoms with van der Waals surface area (Å²) >= 11 is 0. The average Bonchev–Trinajstić information content (AvgIpc) is 3.27. The first-order valence-electron chi connectivity index (χ1n) is 28.5. The molecule has 5 heteroatoms. The van der Waals surface area contributed by atoms with Crippen LogP contribution in [0.4, 0.5) is 0 Å². The maximum Gasteiger partial charge on any atom is 0.222 e. The summed E-state index contributed by atoms with van der Waals surface area (Å²) in [4.78, 5) is 12.5. The Kier molecular flexibility index (Phi) is 51.9. The number of aliphatic hydroxyl groups excluding tert-OH is 3. The maximum absolute atomic E-state index is 12.5. The van der Waals surface area contributed by atoms with Gasteiger partial charge in [-0.25, -0.2) is 0 Å². The van der Waals surface area contributed by atoms with Crippen molar-refractivity contribution in [3.8, 4) is 0 Å². The highest BCUT2D eigenvalue weighted by molar-refractivity contribution is 5.76. The van der Waals surface area contributed by atoms with Gasteiger partial charge in [0.05, 0.1) is 31.3 Å². The van der Waals surface area contributed by atoms with Crippen LogP contribution in [0.15, 0.2) is 12.2 Å². The summed E-state index contributed by atoms with van der Waals surface area (Å²) in [7, 11) is 0. The highest BCUT2D eigenvalue weighted by atomic mass is 16.3. The summed E-state index contributed by atoms with van der Waals surface area (Å²) in [6.07, 6.45) is 65.5. The normalized spacial score (nSPS) is 13.3. The van der Waals surface area contributed by atoms with Crippen LogP contribution in [-0.2, 0) is 4.79 Å². The molecule has 5 nitrogen and oxygen atoms in total. The summed E-state index contributed by atoms with van der Waals surface area (Å²) in [5.74, 6) is -0.308. The Labute approximate surface area is 389 Å². The third-order valence-electron chi connectivity index (χ3n) is 13.6. The number of carbonyl (C=O) groups is 1. The van der Waals surface area contributed by atoms with Gasteiger partial charge in [-0.2, -0.15) is 0 Å². The molecule has 0 fully saturated rings. The number of rotatable bonds is 53. The molecule has 0 aromatic heterocycles. The van der Waals surface area contributed by atoms with E-state index in [1.54, 1.807) is 6.08 Å². The molecule has 3 atom stereocenters. The molecule has 0 radical (unpaired) electrons. The minimum atomic E-state index is -0.926. The van der Waals surface area contributed by atoms with Crippen molar-refractivity contribution in [3.63, 3.8) is 0 Å². The topological polar surface area (TPSA) is 89.8 Å². The van der Waals surface area contributed by atoms with E-state index in [1.165, 1.54) is 270 Å². The summed E-state index contributed by atoms with van der Waals surface area (Å²) in [6, 6.07) is -0.741. The fraction of sp³-hybridized carbons (Fsp3) is 0.947. The second-order valence-corrected chi connectivity index (χ2v) is 19.9. The molecule has 1 amide bonds. The lowest BCUT2D eigenvalue weighted by atomic mass is 10.0. The van der Waals surface area contributed by atoms with E-state index in [0.717, 1.165) is 25.7 Å². The molecule has 0 bridgehead atoms. The number of allylic oxidation sites excluding steroid dienone is 1. The van der Waals surface area contributed by atoms with E-state index in [0.29, 0.717) is 6.42 Å². The molecular weight excluding hydrogens is 763 g/mol. The first-order chi connectivity index (χ1) is 30.5. The van der Waals surface area contributed by atoms with E-state index < -0.39 is 18.2 Å². The minimum Gasteiger partial charge on any atom is -0.394 e. The number of hydrogen-bond donors (Lipinski definition) is 4. The van der Waals surface area contributed by atoms with Crippen molar-refractivity contribution in [3.05, 3.63) is 12.2 Å². The molecule has 0 aromatic carbocycles. The van der Waals surface area contributed by atoms with Gasteiger partial charge in [0.15, 0.2) is 0 Å². The second-order valence-electron chi connectivity index (χ2n) is 19.9. The van der Waals surface area contributed by atoms with Gasteiger partial charge in [0.1, 0.15) is 0 Å². The van der Waals surface area contributed by atoms with Gasteiger partial charge >= 0.3 is 0 Å². The molecule has 0 rings (SSSR count). The van der Waals surface area contributed by atoms with Crippen molar-refractivity contribution in [1.82, 2.24) is 5.32 Å². The van der Waals surface area contributed by atoms with Crippen molar-refractivity contribution in [1.29, 1.82) is 0 Å². The van der Waals surface area contributed by atoms with Crippen LogP contribution < -0.4 is 5.32 Å². The summed E-state index contributed by atoms with van der Waals surface area (Å²) in [6.45, 7) is 4.26. The zero-order chi connectivity index (χ0) is 45.1. The zero-order valence-corrected chi connectivity index (χ0v) is 42.3. The highest BCUT2D eigenvalue weighted by Crippen LogP contribution is 2.18. The molecular formula is C57H113NO4. The minimum absolute atomic E-state index is 0.0196. The van der Waals surface area contributed by atoms with Crippen molar-refractivity contribution < 1.29 is 20.1 Å². The molecule has 4 N–H and O–H groups in total. The number of hydrogen-bond acceptors (Lipinski definition) is 4. The SMILES string of the molecule is CCCCCCCCCCCCCCCCCCCCC/C=C/C(O)C(CO)NC(=O)CC(O)CCCCCCCCCCCCCCCCCCCCCCCCCCCC. The Bertz CT molecular complexity index is 879. The first kappa shape index (κ1) is 61.1. The van der Waals surface area contributed by atoms with Crippen LogP contribution in [0.5, 0.6) is 0 Å². The maximum atomic E-state index is 12.5. The van der Waals surface area contributed by atoms with Crippen LogP contribution in [0.1, 0.15) is 322 Å². The molecule has 0 heterocycles. The lowest BCUT2D eigenvalue weighted by Gasteiger charge is -2.21. The highest BCUT2D eigenvalue weighted by Gasteiger charge is 2.20. The lowest BCUT2D eigenvalue weighted by molar-refractivity contribution is -0.124. The number of amides is 1. The number of aliphatic hydroxyl groups is 3. The molecule has 0 spiro atoms. The van der Waals surface area contributed by atoms with Gasteiger partial charge in [0, 0.05) is 0 Å². The molecule has 0 saturated heterocycles. The molecule has 3 unspecified atom stereocenters. The molecule has 370 valence electrons. The van der Waals surface area contributed by atoms with E-state index in [4.69, 9.17) is 0 Å². The Morgan fingerprint density at radius 3 is 0.935 bits per heavy atom. The Balaban J connectivity index is 3.53. The van der Waals surface area contributed by atoms with Crippen molar-refractivity contribution in [2.24, 2.45) is 0 Å². The van der Waals surface area contributed by atoms with E-state index in [9.17, 15) is 20.1 Å². The van der Waals surface area contributed by atoms with Gasteiger partial charge in [-0.3, -0.25) is 4.79 Å². The summed E-state index contributed by atoms with van der Waals surface area (Å²) in [5, 5.41) is 33.5.